The minimum Gasteiger partial charge on any atom is -0.496 e. The van der Waals surface area contributed by atoms with Crippen molar-refractivity contribution in [3.8, 4) is 11.5 Å². The molecule has 1 aromatic heterocycles. The van der Waals surface area contributed by atoms with E-state index in [1.54, 1.807) is 30.3 Å². The first-order chi connectivity index (χ1) is 14.0. The molecule has 0 radical (unpaired) electrons. The Kier molecular flexibility index (Phi) is 6.39. The van der Waals surface area contributed by atoms with Crippen molar-refractivity contribution >= 4 is 33.5 Å². The summed E-state index contributed by atoms with van der Waals surface area (Å²) in [5, 5.41) is 3.58. The number of anilines is 1. The van der Waals surface area contributed by atoms with Crippen LogP contribution >= 0.6 is 0 Å². The van der Waals surface area contributed by atoms with Crippen LogP contribution < -0.4 is 20.2 Å². The standard InChI is InChI=1S/C22H26N2O5/c1-5-24(6-2)10-9-20(25)23-14-7-8-17-16(11-14)22(26)21-18(28-4)12-15(27-3)13-19(21)29-17/h7-8,11-13H,5-6,9-10H2,1-4H3,(H,23,25). The highest BCUT2D eigenvalue weighted by Crippen LogP contribution is 2.31. The first kappa shape index (κ1) is 20.7. The number of carbonyl (C=O) groups is 1. The van der Waals surface area contributed by atoms with Crippen molar-refractivity contribution in [2.24, 2.45) is 0 Å². The fraction of sp³-hybridized carbons (Fsp3) is 0.364. The molecule has 154 valence electrons. The Bertz CT molecular complexity index is 1090. The monoisotopic (exact) mass is 398 g/mol. The number of rotatable bonds is 8. The molecule has 1 heterocycles. The molecule has 0 aliphatic carbocycles. The number of amides is 1. The van der Waals surface area contributed by atoms with E-state index in [1.165, 1.54) is 14.2 Å². The van der Waals surface area contributed by atoms with Crippen LogP contribution in [0, 0.1) is 0 Å². The topological polar surface area (TPSA) is 81.0 Å². The molecule has 0 saturated carbocycles. The number of hydrogen-bond donors (Lipinski definition) is 1. The number of fused-ring (bicyclic) bond motifs is 2. The van der Waals surface area contributed by atoms with Gasteiger partial charge in [-0.1, -0.05) is 13.8 Å². The summed E-state index contributed by atoms with van der Waals surface area (Å²) in [5.74, 6) is 0.821. The number of ether oxygens (including phenoxy) is 2. The van der Waals surface area contributed by atoms with Gasteiger partial charge in [-0.05, 0) is 31.3 Å². The number of nitrogens with zero attached hydrogens (tertiary/aromatic N) is 1. The molecule has 7 heteroatoms. The summed E-state index contributed by atoms with van der Waals surface area (Å²) in [7, 11) is 3.03. The zero-order chi connectivity index (χ0) is 21.0. The molecule has 7 nitrogen and oxygen atoms in total. The minimum atomic E-state index is -0.222. The molecule has 1 N–H and O–H groups in total. The van der Waals surface area contributed by atoms with E-state index < -0.39 is 0 Å². The Balaban J connectivity index is 1.95. The molecule has 3 rings (SSSR count). The van der Waals surface area contributed by atoms with Crippen LogP contribution in [0.4, 0.5) is 5.69 Å². The van der Waals surface area contributed by atoms with Crippen molar-refractivity contribution < 1.29 is 18.7 Å². The predicted octanol–water partition coefficient (Wildman–Crippen LogP) is 3.63. The van der Waals surface area contributed by atoms with Gasteiger partial charge in [0.1, 0.15) is 28.1 Å². The molecule has 0 unspecified atom stereocenters. The van der Waals surface area contributed by atoms with Crippen LogP contribution in [-0.2, 0) is 4.79 Å². The van der Waals surface area contributed by atoms with Crippen molar-refractivity contribution in [2.75, 3.05) is 39.2 Å². The van der Waals surface area contributed by atoms with Gasteiger partial charge < -0.3 is 24.1 Å². The lowest BCUT2D eigenvalue weighted by Gasteiger charge is -2.17. The Morgan fingerprint density at radius 3 is 2.48 bits per heavy atom. The third-order valence-corrected chi connectivity index (χ3v) is 5.00. The molecular weight excluding hydrogens is 372 g/mol. The number of hydrogen-bond acceptors (Lipinski definition) is 6. The Morgan fingerprint density at radius 2 is 1.83 bits per heavy atom. The maximum Gasteiger partial charge on any atom is 0.225 e. The lowest BCUT2D eigenvalue weighted by molar-refractivity contribution is -0.116. The molecule has 0 fully saturated rings. The van der Waals surface area contributed by atoms with Gasteiger partial charge >= 0.3 is 0 Å². The summed E-state index contributed by atoms with van der Waals surface area (Å²) in [6, 6.07) is 8.34. The van der Waals surface area contributed by atoms with Crippen molar-refractivity contribution in [3.05, 3.63) is 40.6 Å². The van der Waals surface area contributed by atoms with E-state index in [0.29, 0.717) is 52.1 Å². The van der Waals surface area contributed by atoms with Gasteiger partial charge in [0.15, 0.2) is 0 Å². The first-order valence-electron chi connectivity index (χ1n) is 9.65. The molecule has 0 aliphatic heterocycles. The summed E-state index contributed by atoms with van der Waals surface area (Å²) in [6.07, 6.45) is 0.389. The molecule has 3 aromatic rings. The van der Waals surface area contributed by atoms with E-state index in [-0.39, 0.29) is 11.3 Å². The zero-order valence-corrected chi connectivity index (χ0v) is 17.2. The SMILES string of the molecule is CCN(CC)CCC(=O)Nc1ccc2oc3cc(OC)cc(OC)c3c(=O)c2c1. The predicted molar refractivity (Wildman–Crippen MR) is 114 cm³/mol. The van der Waals surface area contributed by atoms with E-state index in [1.807, 2.05) is 0 Å². The largest absolute Gasteiger partial charge is 0.496 e. The minimum absolute atomic E-state index is 0.0938. The van der Waals surface area contributed by atoms with Gasteiger partial charge in [0.2, 0.25) is 11.3 Å². The van der Waals surface area contributed by atoms with E-state index in [4.69, 9.17) is 13.9 Å². The number of benzene rings is 2. The van der Waals surface area contributed by atoms with Crippen LogP contribution in [-0.4, -0.2) is 44.7 Å². The van der Waals surface area contributed by atoms with Crippen molar-refractivity contribution in [1.82, 2.24) is 4.90 Å². The van der Waals surface area contributed by atoms with Crippen LogP contribution in [0.1, 0.15) is 20.3 Å². The summed E-state index contributed by atoms with van der Waals surface area (Å²) in [4.78, 5) is 27.6. The highest BCUT2D eigenvalue weighted by atomic mass is 16.5. The van der Waals surface area contributed by atoms with Crippen molar-refractivity contribution in [3.63, 3.8) is 0 Å². The molecule has 29 heavy (non-hydrogen) atoms. The van der Waals surface area contributed by atoms with E-state index in [9.17, 15) is 9.59 Å². The fourth-order valence-electron chi connectivity index (χ4n) is 3.30. The van der Waals surface area contributed by atoms with E-state index in [2.05, 4.69) is 24.1 Å². The van der Waals surface area contributed by atoms with Gasteiger partial charge in [0, 0.05) is 30.8 Å². The molecule has 0 bridgehead atoms. The Labute approximate surface area is 169 Å². The molecule has 0 atom stereocenters. The van der Waals surface area contributed by atoms with Gasteiger partial charge in [-0.2, -0.15) is 0 Å². The van der Waals surface area contributed by atoms with Crippen LogP contribution in [0.5, 0.6) is 11.5 Å². The van der Waals surface area contributed by atoms with Crippen LogP contribution in [0.2, 0.25) is 0 Å². The van der Waals surface area contributed by atoms with Gasteiger partial charge in [0.05, 0.1) is 19.6 Å². The molecule has 0 aliphatic rings. The van der Waals surface area contributed by atoms with E-state index >= 15 is 0 Å². The first-order valence-corrected chi connectivity index (χ1v) is 9.65. The number of nitrogens with one attached hydrogen (secondary N) is 1. The van der Waals surface area contributed by atoms with Crippen molar-refractivity contribution in [2.45, 2.75) is 20.3 Å². The maximum atomic E-state index is 13.1. The lowest BCUT2D eigenvalue weighted by Crippen LogP contribution is -2.27. The smallest absolute Gasteiger partial charge is 0.225 e. The molecule has 1 amide bonds. The van der Waals surface area contributed by atoms with Gasteiger partial charge in [-0.25, -0.2) is 0 Å². The molecular formula is C22H26N2O5. The average Bonchev–Trinajstić information content (AvgIpc) is 2.74. The van der Waals surface area contributed by atoms with E-state index in [0.717, 1.165) is 13.1 Å². The highest BCUT2D eigenvalue weighted by Gasteiger charge is 2.15. The quantitative estimate of drug-likeness (QED) is 0.584. The summed E-state index contributed by atoms with van der Waals surface area (Å²) < 4.78 is 16.5. The van der Waals surface area contributed by atoms with Gasteiger partial charge in [0.25, 0.3) is 0 Å². The van der Waals surface area contributed by atoms with Crippen LogP contribution in [0.15, 0.2) is 39.5 Å². The third-order valence-electron chi connectivity index (χ3n) is 5.00. The number of carbonyl (C=O) groups excluding carboxylic acids is 1. The summed E-state index contributed by atoms with van der Waals surface area (Å²) in [5.41, 5.74) is 1.15. The fourth-order valence-corrected chi connectivity index (χ4v) is 3.30. The second-order valence-corrected chi connectivity index (χ2v) is 6.67. The van der Waals surface area contributed by atoms with Gasteiger partial charge in [-0.3, -0.25) is 9.59 Å². The normalized spacial score (nSPS) is 11.2. The second-order valence-electron chi connectivity index (χ2n) is 6.67. The van der Waals surface area contributed by atoms with Gasteiger partial charge in [-0.15, -0.1) is 0 Å². The zero-order valence-electron chi connectivity index (χ0n) is 17.2. The molecule has 2 aromatic carbocycles. The lowest BCUT2D eigenvalue weighted by atomic mass is 10.1. The van der Waals surface area contributed by atoms with Crippen LogP contribution in [0.3, 0.4) is 0 Å². The maximum absolute atomic E-state index is 13.1. The van der Waals surface area contributed by atoms with Crippen LogP contribution in [0.25, 0.3) is 21.9 Å². The highest BCUT2D eigenvalue weighted by molar-refractivity contribution is 5.97. The summed E-state index contributed by atoms with van der Waals surface area (Å²) >= 11 is 0. The average molecular weight is 398 g/mol. The Hall–Kier alpha value is -3.06. The summed E-state index contributed by atoms with van der Waals surface area (Å²) in [6.45, 7) is 6.63. The third kappa shape index (κ3) is 4.35. The Morgan fingerprint density at radius 1 is 1.07 bits per heavy atom. The molecule has 0 saturated heterocycles. The molecule has 0 spiro atoms. The number of methoxy groups -OCH3 is 2. The van der Waals surface area contributed by atoms with Crippen molar-refractivity contribution in [1.29, 1.82) is 0 Å². The second kappa shape index (κ2) is 8.96.